The van der Waals surface area contributed by atoms with Crippen molar-refractivity contribution in [3.63, 3.8) is 0 Å². The van der Waals surface area contributed by atoms with Crippen molar-refractivity contribution in [1.82, 2.24) is 19.3 Å². The van der Waals surface area contributed by atoms with Gasteiger partial charge < -0.3 is 4.57 Å². The summed E-state index contributed by atoms with van der Waals surface area (Å²) >= 11 is 4.47. The number of rotatable bonds is 6. The van der Waals surface area contributed by atoms with E-state index in [2.05, 4.69) is 30.6 Å². The summed E-state index contributed by atoms with van der Waals surface area (Å²) in [4.78, 5) is 9.10. The van der Waals surface area contributed by atoms with Crippen LogP contribution in [0.3, 0.4) is 0 Å². The maximum atomic E-state index is 12.4. The zero-order valence-corrected chi connectivity index (χ0v) is 17.3. The monoisotopic (exact) mass is 462 g/mol. The number of nitrogens with zero attached hydrogens (tertiary/aromatic N) is 3. The maximum absolute atomic E-state index is 12.4. The lowest BCUT2D eigenvalue weighted by molar-refractivity contribution is 0.576. The van der Waals surface area contributed by atoms with E-state index in [1.807, 2.05) is 47.0 Å². The summed E-state index contributed by atoms with van der Waals surface area (Å²) < 4.78 is 30.5. The molecule has 4 rings (SSSR count). The van der Waals surface area contributed by atoms with E-state index in [1.54, 1.807) is 18.3 Å². The summed E-state index contributed by atoms with van der Waals surface area (Å²) in [5.74, 6) is 0.766. The van der Waals surface area contributed by atoms with Crippen LogP contribution in [0.1, 0.15) is 0 Å². The van der Waals surface area contributed by atoms with Crippen molar-refractivity contribution in [2.45, 2.75) is 10.8 Å². The molecule has 0 aliphatic heterocycles. The van der Waals surface area contributed by atoms with Gasteiger partial charge in [-0.1, -0.05) is 30.3 Å². The summed E-state index contributed by atoms with van der Waals surface area (Å²) in [5, 5.41) is 0. The number of thiophene rings is 1. The van der Waals surface area contributed by atoms with Crippen molar-refractivity contribution >= 4 is 48.5 Å². The predicted octanol–water partition coefficient (Wildman–Crippen LogP) is 3.90. The molecule has 0 aliphatic rings. The van der Waals surface area contributed by atoms with E-state index in [1.165, 1.54) is 11.3 Å². The Hall–Kier alpha value is -2.07. The lowest BCUT2D eigenvalue weighted by atomic mass is 10.2. The standard InChI is InChI=1S/C18H15BrN4O2S2/c19-15-8-9-16(26-15)27(24,25)21-11-12-23-17(13-5-2-1-3-6-13)22-14-7-4-10-20-18(14)23/h1-10,21H,11-12H2. The van der Waals surface area contributed by atoms with Crippen LogP contribution in [0, 0.1) is 0 Å². The van der Waals surface area contributed by atoms with Crippen LogP contribution in [0.25, 0.3) is 22.6 Å². The first-order chi connectivity index (χ1) is 13.0. The second-order valence-corrected chi connectivity index (χ2v) is 10.2. The number of hydrogen-bond donors (Lipinski definition) is 1. The van der Waals surface area contributed by atoms with Crippen LogP contribution in [0.5, 0.6) is 0 Å². The van der Waals surface area contributed by atoms with Gasteiger partial charge in [-0.15, -0.1) is 11.3 Å². The number of pyridine rings is 1. The lowest BCUT2D eigenvalue weighted by Crippen LogP contribution is -2.27. The largest absolute Gasteiger partial charge is 0.307 e. The molecule has 138 valence electrons. The summed E-state index contributed by atoms with van der Waals surface area (Å²) in [7, 11) is -3.54. The zero-order valence-electron chi connectivity index (χ0n) is 14.0. The third-order valence-corrected chi connectivity index (χ3v) is 7.55. The van der Waals surface area contributed by atoms with Gasteiger partial charge in [0.25, 0.3) is 0 Å². The number of fused-ring (bicyclic) bond motifs is 1. The molecule has 0 bridgehead atoms. The number of nitrogens with one attached hydrogen (secondary N) is 1. The Labute approximate surface area is 169 Å². The van der Waals surface area contributed by atoms with Crippen LogP contribution in [0.2, 0.25) is 0 Å². The molecule has 0 fully saturated rings. The second kappa shape index (κ2) is 7.51. The highest BCUT2D eigenvalue weighted by Crippen LogP contribution is 2.26. The molecule has 3 aromatic heterocycles. The van der Waals surface area contributed by atoms with Gasteiger partial charge in [-0.3, -0.25) is 0 Å². The number of halogens is 1. The number of sulfonamides is 1. The lowest BCUT2D eigenvalue weighted by Gasteiger charge is -2.10. The highest BCUT2D eigenvalue weighted by molar-refractivity contribution is 9.11. The molecule has 0 atom stereocenters. The quantitative estimate of drug-likeness (QED) is 0.471. The Morgan fingerprint density at radius 1 is 1.07 bits per heavy atom. The minimum absolute atomic E-state index is 0.236. The van der Waals surface area contributed by atoms with Gasteiger partial charge in [-0.25, -0.2) is 23.1 Å². The van der Waals surface area contributed by atoms with Crippen LogP contribution in [0.4, 0.5) is 0 Å². The van der Waals surface area contributed by atoms with Crippen molar-refractivity contribution in [1.29, 1.82) is 0 Å². The predicted molar refractivity (Wildman–Crippen MR) is 110 cm³/mol. The first kappa shape index (κ1) is 18.3. The smallest absolute Gasteiger partial charge is 0.250 e. The molecular formula is C18H15BrN4O2S2. The normalized spacial score (nSPS) is 11.9. The van der Waals surface area contributed by atoms with Crippen LogP contribution in [-0.2, 0) is 16.6 Å². The van der Waals surface area contributed by atoms with Crippen molar-refractivity contribution in [3.05, 3.63) is 64.6 Å². The van der Waals surface area contributed by atoms with Gasteiger partial charge in [0.05, 0.1) is 3.79 Å². The third-order valence-electron chi connectivity index (χ3n) is 3.98. The molecule has 1 aromatic carbocycles. The van der Waals surface area contributed by atoms with Gasteiger partial charge in [0.1, 0.15) is 15.6 Å². The van der Waals surface area contributed by atoms with Gasteiger partial charge in [0, 0.05) is 24.8 Å². The van der Waals surface area contributed by atoms with Gasteiger partial charge in [-0.05, 0) is 40.2 Å². The molecule has 3 heterocycles. The highest BCUT2D eigenvalue weighted by Gasteiger charge is 2.17. The Morgan fingerprint density at radius 2 is 1.89 bits per heavy atom. The van der Waals surface area contributed by atoms with Crippen LogP contribution in [0.15, 0.2) is 68.8 Å². The average Bonchev–Trinajstić information content (AvgIpc) is 3.27. The number of benzene rings is 1. The Kier molecular flexibility index (Phi) is 5.09. The van der Waals surface area contributed by atoms with E-state index >= 15 is 0 Å². The minimum atomic E-state index is -3.54. The second-order valence-electron chi connectivity index (χ2n) is 5.76. The third kappa shape index (κ3) is 3.81. The number of imidazole rings is 1. The molecule has 4 aromatic rings. The molecule has 0 aliphatic carbocycles. The van der Waals surface area contributed by atoms with Gasteiger partial charge in [0.15, 0.2) is 5.65 Å². The fourth-order valence-electron chi connectivity index (χ4n) is 2.78. The van der Waals surface area contributed by atoms with E-state index in [0.717, 1.165) is 26.3 Å². The zero-order chi connectivity index (χ0) is 18.9. The Bertz CT molecular complexity index is 1190. The van der Waals surface area contributed by atoms with Crippen LogP contribution in [-0.4, -0.2) is 29.5 Å². The molecule has 1 N–H and O–H groups in total. The first-order valence-corrected chi connectivity index (χ1v) is 11.3. The molecule has 0 saturated carbocycles. The van der Waals surface area contributed by atoms with Gasteiger partial charge in [-0.2, -0.15) is 0 Å². The highest BCUT2D eigenvalue weighted by atomic mass is 79.9. The fourth-order valence-corrected chi connectivity index (χ4v) is 5.86. The van der Waals surface area contributed by atoms with E-state index in [0.29, 0.717) is 6.54 Å². The Morgan fingerprint density at radius 3 is 2.63 bits per heavy atom. The molecule has 0 saturated heterocycles. The topological polar surface area (TPSA) is 76.9 Å². The summed E-state index contributed by atoms with van der Waals surface area (Å²) in [6.07, 6.45) is 1.71. The van der Waals surface area contributed by atoms with Crippen LogP contribution < -0.4 is 4.72 Å². The maximum Gasteiger partial charge on any atom is 0.250 e. The van der Waals surface area contributed by atoms with E-state index < -0.39 is 10.0 Å². The minimum Gasteiger partial charge on any atom is -0.307 e. The molecule has 0 unspecified atom stereocenters. The summed E-state index contributed by atoms with van der Waals surface area (Å²) in [5.41, 5.74) is 2.47. The van der Waals surface area contributed by atoms with Crippen molar-refractivity contribution < 1.29 is 8.42 Å². The van der Waals surface area contributed by atoms with Crippen molar-refractivity contribution in [2.75, 3.05) is 6.54 Å². The van der Waals surface area contributed by atoms with Gasteiger partial charge >= 0.3 is 0 Å². The van der Waals surface area contributed by atoms with Crippen LogP contribution >= 0.6 is 27.3 Å². The summed E-state index contributed by atoms with van der Waals surface area (Å²) in [6.45, 7) is 0.656. The van der Waals surface area contributed by atoms with Gasteiger partial charge in [0.2, 0.25) is 10.0 Å². The average molecular weight is 463 g/mol. The van der Waals surface area contributed by atoms with E-state index in [-0.39, 0.29) is 10.8 Å². The number of aromatic nitrogens is 3. The molecule has 0 amide bonds. The molecule has 27 heavy (non-hydrogen) atoms. The SMILES string of the molecule is O=S(=O)(NCCn1c(-c2ccccc2)nc2cccnc21)c1ccc(Br)s1. The Balaban J connectivity index is 1.62. The molecular weight excluding hydrogens is 448 g/mol. The van der Waals surface area contributed by atoms with E-state index in [9.17, 15) is 8.42 Å². The molecule has 0 spiro atoms. The molecule has 0 radical (unpaired) electrons. The summed E-state index contributed by atoms with van der Waals surface area (Å²) in [6, 6.07) is 16.8. The fraction of sp³-hybridized carbons (Fsp3) is 0.111. The molecule has 9 heteroatoms. The van der Waals surface area contributed by atoms with Crippen molar-refractivity contribution in [2.24, 2.45) is 0 Å². The van der Waals surface area contributed by atoms with Crippen molar-refractivity contribution in [3.8, 4) is 11.4 Å². The number of hydrogen-bond acceptors (Lipinski definition) is 5. The first-order valence-electron chi connectivity index (χ1n) is 8.16. The molecule has 6 nitrogen and oxygen atoms in total. The van der Waals surface area contributed by atoms with E-state index in [4.69, 9.17) is 0 Å².